The Kier molecular flexibility index (Phi) is 5.26. The van der Waals surface area contributed by atoms with Crippen LogP contribution in [0.15, 0.2) is 64.5 Å². The van der Waals surface area contributed by atoms with E-state index in [4.69, 9.17) is 11.6 Å². The molecule has 0 atom stereocenters. The number of hydrogen-bond acceptors (Lipinski definition) is 4. The fourth-order valence-corrected chi connectivity index (χ4v) is 3.61. The van der Waals surface area contributed by atoms with Crippen LogP contribution < -0.4 is 0 Å². The molecule has 2 nitrogen and oxygen atoms in total. The first-order valence-electron chi connectivity index (χ1n) is 7.04. The number of aromatic nitrogens is 2. The minimum Gasteiger partial charge on any atom is -0.217 e. The lowest BCUT2D eigenvalue weighted by atomic mass is 10.0. The second-order valence-corrected chi connectivity index (χ2v) is 6.83. The molecule has 3 rings (SSSR count). The van der Waals surface area contributed by atoms with Crippen molar-refractivity contribution < 1.29 is 0 Å². The predicted octanol–water partition coefficient (Wildman–Crippen LogP) is 5.91. The highest BCUT2D eigenvalue weighted by atomic mass is 35.5. The van der Waals surface area contributed by atoms with Crippen LogP contribution in [0, 0.1) is 0 Å². The van der Waals surface area contributed by atoms with Gasteiger partial charge < -0.3 is 0 Å². The molecule has 2 aromatic carbocycles. The zero-order valence-corrected chi connectivity index (χ0v) is 15.2. The Morgan fingerprint density at radius 2 is 1.48 bits per heavy atom. The van der Waals surface area contributed by atoms with Gasteiger partial charge in [0.25, 0.3) is 0 Å². The minimum absolute atomic E-state index is 0.276. The normalized spacial score (nSPS) is 10.7. The molecule has 0 aliphatic carbocycles. The summed E-state index contributed by atoms with van der Waals surface area (Å²) in [6.07, 6.45) is 4.07. The molecule has 0 spiro atoms. The Bertz CT molecular complexity index is 805. The fourth-order valence-electron chi connectivity index (χ4n) is 2.38. The van der Waals surface area contributed by atoms with Gasteiger partial charge in [-0.1, -0.05) is 42.5 Å². The highest BCUT2D eigenvalue weighted by molar-refractivity contribution is 7.98. The Labute approximate surface area is 149 Å². The summed E-state index contributed by atoms with van der Waals surface area (Å²) in [5.74, 6) is 0. The smallest absolute Gasteiger partial charge is 0.217 e. The molecule has 0 saturated heterocycles. The summed E-state index contributed by atoms with van der Waals surface area (Å²) >= 11 is 9.46. The van der Waals surface area contributed by atoms with Crippen LogP contribution in [0.5, 0.6) is 0 Å². The van der Waals surface area contributed by atoms with Crippen molar-refractivity contribution in [1.29, 1.82) is 0 Å². The van der Waals surface area contributed by atoms with Crippen molar-refractivity contribution in [2.45, 2.75) is 9.92 Å². The Morgan fingerprint density at radius 1 is 0.783 bits per heavy atom. The first-order valence-corrected chi connectivity index (χ1v) is 9.87. The highest BCUT2D eigenvalue weighted by Crippen LogP contribution is 2.37. The van der Waals surface area contributed by atoms with Gasteiger partial charge in [0, 0.05) is 16.0 Å². The molecule has 1 heterocycles. The summed E-state index contributed by atoms with van der Waals surface area (Å²) in [7, 11) is 0. The summed E-state index contributed by atoms with van der Waals surface area (Å²) in [6, 6.07) is 18.6. The van der Waals surface area contributed by atoms with E-state index in [2.05, 4.69) is 52.6 Å². The zero-order chi connectivity index (χ0) is 16.2. The van der Waals surface area contributed by atoms with Crippen LogP contribution in [0.4, 0.5) is 0 Å². The number of benzene rings is 2. The maximum atomic E-state index is 6.16. The number of hydrogen-bond donors (Lipinski definition) is 0. The van der Waals surface area contributed by atoms with Crippen molar-refractivity contribution in [3.63, 3.8) is 0 Å². The third kappa shape index (κ3) is 3.55. The first-order chi connectivity index (χ1) is 11.2. The molecule has 0 bridgehead atoms. The summed E-state index contributed by atoms with van der Waals surface area (Å²) < 4.78 is 0. The van der Waals surface area contributed by atoms with Gasteiger partial charge in [-0.05, 0) is 41.8 Å². The van der Waals surface area contributed by atoms with Gasteiger partial charge in [-0.15, -0.1) is 23.5 Å². The van der Waals surface area contributed by atoms with E-state index in [0.29, 0.717) is 0 Å². The van der Waals surface area contributed by atoms with E-state index in [9.17, 15) is 0 Å². The van der Waals surface area contributed by atoms with Crippen LogP contribution in [0.25, 0.3) is 22.4 Å². The Hall–Kier alpha value is -1.49. The largest absolute Gasteiger partial charge is 0.224 e. The van der Waals surface area contributed by atoms with Gasteiger partial charge >= 0.3 is 0 Å². The van der Waals surface area contributed by atoms with E-state index in [1.165, 1.54) is 4.90 Å². The lowest BCUT2D eigenvalue weighted by molar-refractivity contribution is 1.06. The molecule has 0 radical (unpaired) electrons. The lowest BCUT2D eigenvalue weighted by Crippen LogP contribution is -1.96. The van der Waals surface area contributed by atoms with Crippen molar-refractivity contribution in [3.8, 4) is 22.4 Å². The van der Waals surface area contributed by atoms with E-state index in [0.717, 1.165) is 27.4 Å². The molecule has 0 N–H and O–H groups in total. The molecule has 5 heteroatoms. The van der Waals surface area contributed by atoms with Crippen molar-refractivity contribution in [3.05, 3.63) is 59.9 Å². The van der Waals surface area contributed by atoms with Crippen molar-refractivity contribution in [1.82, 2.24) is 9.97 Å². The van der Waals surface area contributed by atoms with Crippen molar-refractivity contribution in [2.24, 2.45) is 0 Å². The van der Waals surface area contributed by atoms with Crippen LogP contribution in [0.2, 0.25) is 5.28 Å². The van der Waals surface area contributed by atoms with Crippen LogP contribution in [0.1, 0.15) is 0 Å². The maximum Gasteiger partial charge on any atom is 0.224 e. The van der Waals surface area contributed by atoms with Gasteiger partial charge in [0.2, 0.25) is 5.28 Å². The number of halogens is 1. The highest BCUT2D eigenvalue weighted by Gasteiger charge is 2.16. The molecule has 0 amide bonds. The second kappa shape index (κ2) is 7.39. The van der Waals surface area contributed by atoms with E-state index >= 15 is 0 Å². The average molecular weight is 359 g/mol. The van der Waals surface area contributed by atoms with Gasteiger partial charge in [-0.2, -0.15) is 0 Å². The number of rotatable bonds is 4. The van der Waals surface area contributed by atoms with Crippen LogP contribution >= 0.6 is 35.1 Å². The molecule has 0 unspecified atom stereocenters. The number of thioether (sulfide) groups is 2. The van der Waals surface area contributed by atoms with Gasteiger partial charge in [-0.25, -0.2) is 9.97 Å². The van der Waals surface area contributed by atoms with E-state index < -0.39 is 0 Å². The summed E-state index contributed by atoms with van der Waals surface area (Å²) in [4.78, 5) is 10.1. The average Bonchev–Trinajstić information content (AvgIpc) is 2.61. The van der Waals surface area contributed by atoms with Crippen molar-refractivity contribution >= 4 is 35.1 Å². The van der Waals surface area contributed by atoms with Gasteiger partial charge in [0.1, 0.15) is 5.03 Å². The molecule has 1 aromatic heterocycles. The minimum atomic E-state index is 0.276. The first kappa shape index (κ1) is 16.4. The van der Waals surface area contributed by atoms with E-state index in [1.807, 2.05) is 24.5 Å². The van der Waals surface area contributed by atoms with E-state index in [1.54, 1.807) is 23.5 Å². The Morgan fingerprint density at radius 3 is 2.09 bits per heavy atom. The van der Waals surface area contributed by atoms with Crippen LogP contribution in [0.3, 0.4) is 0 Å². The monoisotopic (exact) mass is 358 g/mol. The molecule has 116 valence electrons. The molecule has 0 saturated carbocycles. The molecular weight excluding hydrogens is 344 g/mol. The molecular formula is C18H15ClN2S2. The van der Waals surface area contributed by atoms with Crippen molar-refractivity contribution in [2.75, 3.05) is 12.5 Å². The zero-order valence-electron chi connectivity index (χ0n) is 12.8. The quantitative estimate of drug-likeness (QED) is 0.329. The topological polar surface area (TPSA) is 25.8 Å². The van der Waals surface area contributed by atoms with Gasteiger partial charge in [0.15, 0.2) is 0 Å². The third-order valence-corrected chi connectivity index (χ3v) is 5.06. The SMILES string of the molecule is CSc1ccc(-c2nc(Cl)nc(SC)c2-c2ccccc2)cc1. The summed E-state index contributed by atoms with van der Waals surface area (Å²) in [5.41, 5.74) is 4.03. The van der Waals surface area contributed by atoms with Gasteiger partial charge in [0.05, 0.1) is 5.69 Å². The third-order valence-electron chi connectivity index (χ3n) is 3.47. The lowest BCUT2D eigenvalue weighted by Gasteiger charge is -2.13. The van der Waals surface area contributed by atoms with Crippen LogP contribution in [-0.2, 0) is 0 Å². The summed E-state index contributed by atoms with van der Waals surface area (Å²) in [5, 5.41) is 1.16. The predicted molar refractivity (Wildman–Crippen MR) is 101 cm³/mol. The Balaban J connectivity index is 2.24. The summed E-state index contributed by atoms with van der Waals surface area (Å²) in [6.45, 7) is 0. The molecule has 0 fully saturated rings. The molecule has 23 heavy (non-hydrogen) atoms. The second-order valence-electron chi connectivity index (χ2n) is 4.82. The van der Waals surface area contributed by atoms with Gasteiger partial charge in [-0.3, -0.25) is 0 Å². The standard InChI is InChI=1S/C18H15ClN2S2/c1-22-14-10-8-13(9-11-14)16-15(12-6-4-3-5-7-12)17(23-2)21-18(19)20-16/h3-11H,1-2H3. The molecule has 3 aromatic rings. The molecule has 0 aliphatic heterocycles. The van der Waals surface area contributed by atoms with Crippen LogP contribution in [-0.4, -0.2) is 22.5 Å². The van der Waals surface area contributed by atoms with E-state index in [-0.39, 0.29) is 5.28 Å². The molecule has 0 aliphatic rings. The number of nitrogens with zero attached hydrogens (tertiary/aromatic N) is 2. The fraction of sp³-hybridized carbons (Fsp3) is 0.111. The maximum absolute atomic E-state index is 6.16.